The molecule has 1 unspecified atom stereocenters. The van der Waals surface area contributed by atoms with Gasteiger partial charge >= 0.3 is 0 Å². The Bertz CT molecular complexity index is 3530. The standard InChI is InChI=1S/C59H38N2/c1-4-17-39(18-5-1)40-31-33-46-44-23-10-13-27-51(44)59(54(46)37-40)52-28-14-11-24-45(52)49-35-36-56(50-26-16-29-53(59)58(49)50)60(41-19-6-2-7-20-41)43-32-34-48-47-25-12-15-30-55(47)61(57(48)38-43)42-21-8-3-9-22-42/h1-38H. The van der Waals surface area contributed by atoms with E-state index >= 15 is 0 Å². The van der Waals surface area contributed by atoms with Crippen LogP contribution in [0.15, 0.2) is 231 Å². The molecule has 1 heterocycles. The summed E-state index contributed by atoms with van der Waals surface area (Å²) in [5, 5.41) is 5.01. The predicted octanol–water partition coefficient (Wildman–Crippen LogP) is 15.4. The summed E-state index contributed by atoms with van der Waals surface area (Å²) in [6, 6.07) is 85.4. The second-order valence-corrected chi connectivity index (χ2v) is 16.4. The van der Waals surface area contributed by atoms with Gasteiger partial charge in [-0.3, -0.25) is 0 Å². The normalized spacial score (nSPS) is 14.6. The van der Waals surface area contributed by atoms with Crippen LogP contribution in [0.3, 0.4) is 0 Å². The van der Waals surface area contributed by atoms with E-state index in [1.165, 1.54) is 88.2 Å². The fraction of sp³-hybridized carbons (Fsp3) is 0.0169. The minimum Gasteiger partial charge on any atom is -0.310 e. The third-order valence-corrected chi connectivity index (χ3v) is 13.4. The summed E-state index contributed by atoms with van der Waals surface area (Å²) in [5.74, 6) is 0. The van der Waals surface area contributed by atoms with Gasteiger partial charge in [0.15, 0.2) is 0 Å². The lowest BCUT2D eigenvalue weighted by atomic mass is 9.61. The van der Waals surface area contributed by atoms with Gasteiger partial charge < -0.3 is 9.47 Å². The number of nitrogens with zero attached hydrogens (tertiary/aromatic N) is 2. The van der Waals surface area contributed by atoms with Gasteiger partial charge in [0.1, 0.15) is 0 Å². The molecular formula is C59H38N2. The van der Waals surface area contributed by atoms with Gasteiger partial charge in [-0.15, -0.1) is 0 Å². The van der Waals surface area contributed by atoms with Crippen molar-refractivity contribution in [3.8, 4) is 39.1 Å². The van der Waals surface area contributed by atoms with E-state index in [4.69, 9.17) is 0 Å². The van der Waals surface area contributed by atoms with Crippen LogP contribution in [0.5, 0.6) is 0 Å². The van der Waals surface area contributed by atoms with Crippen LogP contribution in [-0.4, -0.2) is 4.57 Å². The first-order valence-electron chi connectivity index (χ1n) is 21.2. The van der Waals surface area contributed by atoms with Crippen molar-refractivity contribution in [2.75, 3.05) is 4.90 Å². The summed E-state index contributed by atoms with van der Waals surface area (Å²) in [7, 11) is 0. The number of para-hydroxylation sites is 3. The van der Waals surface area contributed by atoms with Crippen molar-refractivity contribution < 1.29 is 0 Å². The highest BCUT2D eigenvalue weighted by atomic mass is 15.1. The zero-order valence-corrected chi connectivity index (χ0v) is 33.3. The Balaban J connectivity index is 1.11. The summed E-state index contributed by atoms with van der Waals surface area (Å²) < 4.78 is 2.41. The maximum absolute atomic E-state index is 2.48. The zero-order valence-electron chi connectivity index (χ0n) is 33.3. The van der Waals surface area contributed by atoms with Gasteiger partial charge in [0.25, 0.3) is 0 Å². The van der Waals surface area contributed by atoms with E-state index in [0.29, 0.717) is 0 Å². The van der Waals surface area contributed by atoms with Crippen molar-refractivity contribution in [1.29, 1.82) is 0 Å². The molecule has 0 N–H and O–H groups in total. The average molecular weight is 775 g/mol. The first-order chi connectivity index (χ1) is 30.3. The number of rotatable bonds is 5. The molecule has 0 saturated carbocycles. The lowest BCUT2D eigenvalue weighted by Gasteiger charge is -2.40. The van der Waals surface area contributed by atoms with E-state index in [-0.39, 0.29) is 0 Å². The van der Waals surface area contributed by atoms with Crippen molar-refractivity contribution >= 4 is 49.6 Å². The van der Waals surface area contributed by atoms with E-state index in [1.54, 1.807) is 0 Å². The molecule has 1 aromatic heterocycles. The van der Waals surface area contributed by atoms with Gasteiger partial charge in [0.2, 0.25) is 0 Å². The second-order valence-electron chi connectivity index (χ2n) is 16.4. The quantitative estimate of drug-likeness (QED) is 0.169. The van der Waals surface area contributed by atoms with E-state index < -0.39 is 5.41 Å². The summed E-state index contributed by atoms with van der Waals surface area (Å²) in [5.41, 5.74) is 19.3. The van der Waals surface area contributed by atoms with Gasteiger partial charge in [-0.25, -0.2) is 0 Å². The molecule has 1 spiro atoms. The molecule has 0 fully saturated rings. The van der Waals surface area contributed by atoms with Crippen LogP contribution in [-0.2, 0) is 5.41 Å². The maximum atomic E-state index is 2.48. The lowest BCUT2D eigenvalue weighted by molar-refractivity contribution is 0.774. The van der Waals surface area contributed by atoms with E-state index in [2.05, 4.69) is 240 Å². The van der Waals surface area contributed by atoms with Crippen LogP contribution in [0.2, 0.25) is 0 Å². The molecule has 1 atom stereocenters. The molecule has 0 bridgehead atoms. The summed E-state index contributed by atoms with van der Waals surface area (Å²) in [4.78, 5) is 2.46. The Labute approximate surface area is 354 Å². The van der Waals surface area contributed by atoms with Crippen LogP contribution in [0, 0.1) is 0 Å². The Morgan fingerprint density at radius 2 is 0.918 bits per heavy atom. The van der Waals surface area contributed by atoms with Crippen molar-refractivity contribution in [3.05, 3.63) is 253 Å². The Kier molecular flexibility index (Phi) is 7.26. The van der Waals surface area contributed by atoms with E-state index in [9.17, 15) is 0 Å². The number of benzene rings is 10. The van der Waals surface area contributed by atoms with Gasteiger partial charge in [-0.2, -0.15) is 0 Å². The Morgan fingerprint density at radius 1 is 0.328 bits per heavy atom. The molecule has 0 radical (unpaired) electrons. The number of hydrogen-bond donors (Lipinski definition) is 0. The fourth-order valence-corrected chi connectivity index (χ4v) is 10.9. The molecule has 2 aliphatic carbocycles. The Hall–Kier alpha value is -7.94. The van der Waals surface area contributed by atoms with E-state index in [1.807, 2.05) is 0 Å². The molecule has 61 heavy (non-hydrogen) atoms. The van der Waals surface area contributed by atoms with Crippen LogP contribution < -0.4 is 4.90 Å². The molecule has 0 saturated heterocycles. The highest BCUT2D eigenvalue weighted by Crippen LogP contribution is 2.63. The Morgan fingerprint density at radius 3 is 1.70 bits per heavy atom. The molecule has 0 amide bonds. The minimum atomic E-state index is -0.522. The lowest BCUT2D eigenvalue weighted by Crippen LogP contribution is -2.32. The van der Waals surface area contributed by atoms with Gasteiger partial charge in [0, 0.05) is 33.2 Å². The van der Waals surface area contributed by atoms with Crippen LogP contribution >= 0.6 is 0 Å². The van der Waals surface area contributed by atoms with Gasteiger partial charge in [0.05, 0.1) is 22.1 Å². The molecule has 0 aliphatic heterocycles. The molecule has 2 heteroatoms. The number of anilines is 3. The fourth-order valence-electron chi connectivity index (χ4n) is 10.9. The van der Waals surface area contributed by atoms with Crippen LogP contribution in [0.1, 0.15) is 22.3 Å². The number of aromatic nitrogens is 1. The molecule has 11 aromatic rings. The molecule has 13 rings (SSSR count). The monoisotopic (exact) mass is 774 g/mol. The first-order valence-corrected chi connectivity index (χ1v) is 21.2. The molecule has 2 nitrogen and oxygen atoms in total. The topological polar surface area (TPSA) is 8.17 Å². The highest BCUT2D eigenvalue weighted by molar-refractivity contribution is 6.14. The van der Waals surface area contributed by atoms with E-state index in [0.717, 1.165) is 22.7 Å². The second kappa shape index (κ2) is 13.0. The number of fused-ring (bicyclic) bond motifs is 12. The van der Waals surface area contributed by atoms with Crippen molar-refractivity contribution in [2.45, 2.75) is 5.41 Å². The van der Waals surface area contributed by atoms with Crippen LogP contribution in [0.25, 0.3) is 71.6 Å². The van der Waals surface area contributed by atoms with Gasteiger partial charge in [-0.1, -0.05) is 176 Å². The summed E-state index contributed by atoms with van der Waals surface area (Å²) >= 11 is 0. The molecular weight excluding hydrogens is 737 g/mol. The smallest absolute Gasteiger partial charge is 0.0725 e. The van der Waals surface area contributed by atoms with Crippen molar-refractivity contribution in [1.82, 2.24) is 4.57 Å². The minimum absolute atomic E-state index is 0.522. The predicted molar refractivity (Wildman–Crippen MR) is 255 cm³/mol. The maximum Gasteiger partial charge on any atom is 0.0725 e. The van der Waals surface area contributed by atoms with Gasteiger partial charge in [-0.05, 0) is 116 Å². The van der Waals surface area contributed by atoms with Crippen molar-refractivity contribution in [2.24, 2.45) is 0 Å². The molecule has 10 aromatic carbocycles. The van der Waals surface area contributed by atoms with Crippen LogP contribution in [0.4, 0.5) is 17.1 Å². The SMILES string of the molecule is c1ccc(-c2ccc3c(c2)C2(c4ccccc4-3)c3ccccc3-c3ccc(N(c4ccccc4)c4ccc5c6ccccc6n(-c6ccccc6)c5c4)c4cccc2c34)cc1. The summed E-state index contributed by atoms with van der Waals surface area (Å²) in [6.07, 6.45) is 0. The largest absolute Gasteiger partial charge is 0.310 e. The highest BCUT2D eigenvalue weighted by Gasteiger charge is 2.50. The van der Waals surface area contributed by atoms with Crippen molar-refractivity contribution in [3.63, 3.8) is 0 Å². The average Bonchev–Trinajstić information content (AvgIpc) is 3.82. The first kappa shape index (κ1) is 34.0. The third-order valence-electron chi connectivity index (χ3n) is 13.4. The molecule has 2 aliphatic rings. The molecule has 284 valence electrons. The summed E-state index contributed by atoms with van der Waals surface area (Å²) in [6.45, 7) is 0. The zero-order chi connectivity index (χ0) is 40.1. The third kappa shape index (κ3) is 4.73. The number of hydrogen-bond acceptors (Lipinski definition) is 1.